The monoisotopic (exact) mass is 240 g/mol. The molecule has 1 aromatic carbocycles. The van der Waals surface area contributed by atoms with E-state index in [4.69, 9.17) is 0 Å². The summed E-state index contributed by atoms with van der Waals surface area (Å²) >= 11 is 0. The van der Waals surface area contributed by atoms with Gasteiger partial charge in [-0.3, -0.25) is 0 Å². The van der Waals surface area contributed by atoms with Gasteiger partial charge in [-0.15, -0.1) is 0 Å². The third-order valence-corrected chi connectivity index (χ3v) is 4.56. The van der Waals surface area contributed by atoms with Crippen LogP contribution in [0.2, 0.25) is 0 Å². The van der Waals surface area contributed by atoms with Crippen molar-refractivity contribution in [2.75, 3.05) is 12.9 Å². The molecule has 1 heterocycles. The fraction of sp³-hybridized carbons (Fsp3) is 0.364. The van der Waals surface area contributed by atoms with Gasteiger partial charge >= 0.3 is 5.97 Å². The lowest BCUT2D eigenvalue weighted by molar-refractivity contribution is 0.0600. The highest BCUT2D eigenvalue weighted by Crippen LogP contribution is 2.26. The van der Waals surface area contributed by atoms with Gasteiger partial charge < -0.3 is 4.74 Å². The second-order valence-corrected chi connectivity index (χ2v) is 5.81. The van der Waals surface area contributed by atoms with Crippen LogP contribution in [0.5, 0.6) is 0 Å². The first-order valence-corrected chi connectivity index (χ1v) is 6.64. The second kappa shape index (κ2) is 3.90. The first-order valence-electron chi connectivity index (χ1n) is 4.98. The molecule has 0 bridgehead atoms. The van der Waals surface area contributed by atoms with Crippen LogP contribution in [-0.4, -0.2) is 27.2 Å². The number of fused-ring (bicyclic) bond motifs is 1. The zero-order valence-electron chi connectivity index (χ0n) is 8.89. The maximum Gasteiger partial charge on any atom is 0.337 e. The number of benzene rings is 1. The van der Waals surface area contributed by atoms with Gasteiger partial charge in [0.2, 0.25) is 0 Å². The molecule has 0 aromatic heterocycles. The molecule has 4 nitrogen and oxygen atoms in total. The number of hydrogen-bond donors (Lipinski definition) is 0. The number of carbonyl (C=O) groups excluding carboxylic acids is 1. The van der Waals surface area contributed by atoms with Crippen molar-refractivity contribution in [3.63, 3.8) is 0 Å². The van der Waals surface area contributed by atoms with Crippen LogP contribution in [0.4, 0.5) is 0 Å². The highest BCUT2D eigenvalue weighted by molar-refractivity contribution is 7.91. The quantitative estimate of drug-likeness (QED) is 0.692. The van der Waals surface area contributed by atoms with Crippen molar-refractivity contribution in [3.8, 4) is 0 Å². The number of rotatable bonds is 1. The zero-order chi connectivity index (χ0) is 11.8. The van der Waals surface area contributed by atoms with Crippen molar-refractivity contribution in [1.82, 2.24) is 0 Å². The number of esters is 1. The minimum atomic E-state index is -3.21. The number of sulfone groups is 1. The Morgan fingerprint density at radius 1 is 1.38 bits per heavy atom. The van der Waals surface area contributed by atoms with E-state index in [1.807, 2.05) is 0 Å². The van der Waals surface area contributed by atoms with Crippen LogP contribution in [0, 0.1) is 0 Å². The maximum atomic E-state index is 11.8. The van der Waals surface area contributed by atoms with E-state index in [-0.39, 0.29) is 16.2 Å². The molecule has 0 saturated carbocycles. The molecule has 0 fully saturated rings. The van der Waals surface area contributed by atoms with E-state index in [9.17, 15) is 13.2 Å². The van der Waals surface area contributed by atoms with Crippen LogP contribution in [-0.2, 0) is 21.0 Å². The number of methoxy groups -OCH3 is 1. The average molecular weight is 240 g/mol. The predicted molar refractivity (Wildman–Crippen MR) is 58.2 cm³/mol. The molecule has 1 aromatic rings. The fourth-order valence-electron chi connectivity index (χ4n) is 1.86. The van der Waals surface area contributed by atoms with Gasteiger partial charge in [0.25, 0.3) is 0 Å². The van der Waals surface area contributed by atoms with Crippen molar-refractivity contribution >= 4 is 15.8 Å². The summed E-state index contributed by atoms with van der Waals surface area (Å²) in [7, 11) is -1.94. The summed E-state index contributed by atoms with van der Waals surface area (Å²) in [6, 6.07) is 4.71. The topological polar surface area (TPSA) is 60.4 Å². The van der Waals surface area contributed by atoms with Gasteiger partial charge in [0.05, 0.1) is 23.3 Å². The Labute approximate surface area is 94.2 Å². The van der Waals surface area contributed by atoms with Gasteiger partial charge in [0, 0.05) is 0 Å². The third-order valence-electron chi connectivity index (χ3n) is 2.68. The summed E-state index contributed by atoms with van der Waals surface area (Å²) in [5.74, 6) is -0.353. The van der Waals surface area contributed by atoms with E-state index in [1.165, 1.54) is 13.2 Å². The smallest absolute Gasteiger partial charge is 0.337 e. The Hall–Kier alpha value is -1.36. The lowest BCUT2D eigenvalue weighted by atomic mass is 10.1. The molecule has 0 radical (unpaired) electrons. The number of carbonyl (C=O) groups is 1. The number of aryl methyl sites for hydroxylation is 1. The minimum absolute atomic E-state index is 0.157. The molecule has 0 aliphatic carbocycles. The van der Waals surface area contributed by atoms with Crippen molar-refractivity contribution < 1.29 is 17.9 Å². The van der Waals surface area contributed by atoms with Crippen molar-refractivity contribution in [2.24, 2.45) is 0 Å². The minimum Gasteiger partial charge on any atom is -0.465 e. The van der Waals surface area contributed by atoms with Gasteiger partial charge in [-0.2, -0.15) is 0 Å². The number of hydrogen-bond acceptors (Lipinski definition) is 4. The van der Waals surface area contributed by atoms with Gasteiger partial charge in [-0.25, -0.2) is 13.2 Å². The van der Waals surface area contributed by atoms with Crippen LogP contribution in [0.25, 0.3) is 0 Å². The summed E-state index contributed by atoms with van der Waals surface area (Å²) in [5.41, 5.74) is 1.07. The fourth-order valence-corrected chi connectivity index (χ4v) is 3.48. The van der Waals surface area contributed by atoms with Gasteiger partial charge in [-0.05, 0) is 30.5 Å². The predicted octanol–water partition coefficient (Wildman–Crippen LogP) is 1.19. The van der Waals surface area contributed by atoms with Crippen molar-refractivity contribution in [1.29, 1.82) is 0 Å². The molecule has 16 heavy (non-hydrogen) atoms. The van der Waals surface area contributed by atoms with Gasteiger partial charge in [-0.1, -0.05) is 6.07 Å². The summed E-state index contributed by atoms with van der Waals surface area (Å²) in [6.45, 7) is 0. The Bertz CT molecular complexity index is 531. The normalized spacial score (nSPS) is 17.6. The summed E-state index contributed by atoms with van der Waals surface area (Å²) in [4.78, 5) is 11.6. The Kier molecular flexibility index (Phi) is 2.71. The van der Waals surface area contributed by atoms with E-state index in [0.29, 0.717) is 6.42 Å². The van der Waals surface area contributed by atoms with E-state index >= 15 is 0 Å². The van der Waals surface area contributed by atoms with E-state index in [1.54, 1.807) is 12.1 Å². The summed E-state index contributed by atoms with van der Waals surface area (Å²) < 4.78 is 28.1. The molecule has 0 N–H and O–H groups in total. The largest absolute Gasteiger partial charge is 0.465 e. The van der Waals surface area contributed by atoms with Gasteiger partial charge in [0.1, 0.15) is 0 Å². The van der Waals surface area contributed by atoms with Gasteiger partial charge in [0.15, 0.2) is 9.84 Å². The molecule has 0 amide bonds. The van der Waals surface area contributed by atoms with Crippen LogP contribution in [0.1, 0.15) is 22.3 Å². The molecule has 0 unspecified atom stereocenters. The van der Waals surface area contributed by atoms with Crippen molar-refractivity contribution in [2.45, 2.75) is 17.7 Å². The zero-order valence-corrected chi connectivity index (χ0v) is 9.71. The number of ether oxygens (including phenoxy) is 1. The molecule has 2 rings (SSSR count). The highest BCUT2D eigenvalue weighted by atomic mass is 32.2. The van der Waals surface area contributed by atoms with E-state index < -0.39 is 15.8 Å². The molecular formula is C11H12O4S. The summed E-state index contributed by atoms with van der Waals surface area (Å²) in [6.07, 6.45) is 1.39. The average Bonchev–Trinajstić information content (AvgIpc) is 2.27. The van der Waals surface area contributed by atoms with Crippen LogP contribution in [0.15, 0.2) is 23.1 Å². The molecule has 1 aliphatic heterocycles. The first kappa shape index (κ1) is 11.1. The molecule has 0 spiro atoms. The third kappa shape index (κ3) is 1.82. The Morgan fingerprint density at radius 2 is 2.12 bits per heavy atom. The lowest BCUT2D eigenvalue weighted by Gasteiger charge is -2.16. The molecule has 0 atom stereocenters. The summed E-state index contributed by atoms with van der Waals surface area (Å²) in [5, 5.41) is 0. The van der Waals surface area contributed by atoms with E-state index in [0.717, 1.165) is 12.0 Å². The molecule has 86 valence electrons. The highest BCUT2D eigenvalue weighted by Gasteiger charge is 2.24. The SMILES string of the molecule is COC(=O)c1ccc2c(c1)S(=O)(=O)CCC2. The maximum absolute atomic E-state index is 11.8. The molecule has 1 aliphatic rings. The van der Waals surface area contributed by atoms with Crippen molar-refractivity contribution in [3.05, 3.63) is 29.3 Å². The molecule has 5 heteroatoms. The Morgan fingerprint density at radius 3 is 2.81 bits per heavy atom. The van der Waals surface area contributed by atoms with Crippen LogP contribution in [0.3, 0.4) is 0 Å². The van der Waals surface area contributed by atoms with Crippen LogP contribution >= 0.6 is 0 Å². The molecule has 0 saturated heterocycles. The standard InChI is InChI=1S/C11H12O4S/c1-15-11(12)9-5-4-8-3-2-6-16(13,14)10(8)7-9/h4-5,7H,2-3,6H2,1H3. The first-order chi connectivity index (χ1) is 7.54. The molecular weight excluding hydrogens is 228 g/mol. The van der Waals surface area contributed by atoms with Crippen LogP contribution < -0.4 is 0 Å². The Balaban J connectivity index is 2.56. The van der Waals surface area contributed by atoms with E-state index in [2.05, 4.69) is 4.74 Å². The lowest BCUT2D eigenvalue weighted by Crippen LogP contribution is -2.17. The second-order valence-electron chi connectivity index (χ2n) is 3.74.